The van der Waals surface area contributed by atoms with Crippen molar-refractivity contribution < 1.29 is 4.74 Å². The van der Waals surface area contributed by atoms with Gasteiger partial charge in [0.25, 0.3) is 0 Å². The number of ether oxygens (including phenoxy) is 1. The highest BCUT2D eigenvalue weighted by atomic mass is 35.5. The maximum atomic E-state index is 6.12. The molecule has 0 heterocycles. The number of halogens is 3. The van der Waals surface area contributed by atoms with Crippen molar-refractivity contribution >= 4 is 34.8 Å². The molecular weight excluding hydrogens is 305 g/mol. The number of benzene rings is 1. The van der Waals surface area contributed by atoms with Crippen LogP contribution in [0.5, 0.6) is 0 Å². The third-order valence-corrected chi connectivity index (χ3v) is 4.33. The van der Waals surface area contributed by atoms with E-state index in [2.05, 4.69) is 5.32 Å². The molecule has 1 aliphatic carbocycles. The molecule has 1 aromatic carbocycles. The van der Waals surface area contributed by atoms with E-state index in [-0.39, 0.29) is 0 Å². The van der Waals surface area contributed by atoms with Crippen LogP contribution >= 0.6 is 34.8 Å². The first-order valence-corrected chi connectivity index (χ1v) is 7.72. The van der Waals surface area contributed by atoms with Gasteiger partial charge in [0.15, 0.2) is 0 Å². The zero-order chi connectivity index (χ0) is 13.7. The molecule has 106 valence electrons. The Balaban J connectivity index is 1.63. The lowest BCUT2D eigenvalue weighted by atomic mass is 10.2. The van der Waals surface area contributed by atoms with Crippen molar-refractivity contribution in [3.05, 3.63) is 32.8 Å². The van der Waals surface area contributed by atoms with Crippen LogP contribution in [0.4, 0.5) is 0 Å². The van der Waals surface area contributed by atoms with Gasteiger partial charge in [-0.2, -0.15) is 0 Å². The SMILES string of the molecule is Clc1ccc(Cl)c(CNCCCOCC2CC2)c1Cl. The zero-order valence-corrected chi connectivity index (χ0v) is 13.0. The van der Waals surface area contributed by atoms with Gasteiger partial charge in [-0.15, -0.1) is 0 Å². The summed E-state index contributed by atoms with van der Waals surface area (Å²) in [6.07, 6.45) is 3.66. The topological polar surface area (TPSA) is 21.3 Å². The van der Waals surface area contributed by atoms with Crippen LogP contribution in [0.1, 0.15) is 24.8 Å². The Bertz CT molecular complexity index is 421. The van der Waals surface area contributed by atoms with Crippen molar-refractivity contribution in [1.82, 2.24) is 5.32 Å². The lowest BCUT2D eigenvalue weighted by Crippen LogP contribution is -2.17. The number of nitrogens with one attached hydrogen (secondary N) is 1. The highest BCUT2D eigenvalue weighted by molar-refractivity contribution is 6.44. The van der Waals surface area contributed by atoms with Crippen molar-refractivity contribution in [3.8, 4) is 0 Å². The van der Waals surface area contributed by atoms with E-state index in [0.717, 1.165) is 37.7 Å². The molecule has 5 heteroatoms. The summed E-state index contributed by atoms with van der Waals surface area (Å²) in [5, 5.41) is 5.02. The standard InChI is InChI=1S/C14H18Cl3NO/c15-12-4-5-13(16)14(17)11(12)8-18-6-1-7-19-9-10-2-3-10/h4-5,10,18H,1-3,6-9H2. The van der Waals surface area contributed by atoms with Crippen LogP contribution in [0.2, 0.25) is 15.1 Å². The van der Waals surface area contributed by atoms with E-state index >= 15 is 0 Å². The van der Waals surface area contributed by atoms with Gasteiger partial charge in [0.2, 0.25) is 0 Å². The van der Waals surface area contributed by atoms with Crippen molar-refractivity contribution in [2.24, 2.45) is 5.92 Å². The van der Waals surface area contributed by atoms with E-state index < -0.39 is 0 Å². The molecule has 0 aromatic heterocycles. The summed E-state index contributed by atoms with van der Waals surface area (Å²) in [6.45, 7) is 3.23. The van der Waals surface area contributed by atoms with Gasteiger partial charge in [0.05, 0.1) is 10.0 Å². The van der Waals surface area contributed by atoms with Crippen molar-refractivity contribution in [2.45, 2.75) is 25.8 Å². The van der Waals surface area contributed by atoms with Gasteiger partial charge in [-0.1, -0.05) is 34.8 Å². The molecule has 1 aromatic rings. The average molecular weight is 323 g/mol. The predicted molar refractivity (Wildman–Crippen MR) is 81.3 cm³/mol. The molecule has 19 heavy (non-hydrogen) atoms. The minimum atomic E-state index is 0.534. The fraction of sp³-hybridized carbons (Fsp3) is 0.571. The van der Waals surface area contributed by atoms with Crippen LogP contribution in [0, 0.1) is 5.92 Å². The van der Waals surface area contributed by atoms with E-state index in [4.69, 9.17) is 39.5 Å². The van der Waals surface area contributed by atoms with Crippen LogP contribution in [-0.2, 0) is 11.3 Å². The summed E-state index contributed by atoms with van der Waals surface area (Å²) in [5.74, 6) is 0.831. The molecule has 1 aliphatic rings. The van der Waals surface area contributed by atoms with Gasteiger partial charge in [-0.05, 0) is 43.9 Å². The van der Waals surface area contributed by atoms with E-state index in [9.17, 15) is 0 Å². The highest BCUT2D eigenvalue weighted by Gasteiger charge is 2.20. The Labute approximate surface area is 129 Å². The molecule has 2 nitrogen and oxygen atoms in total. The first kappa shape index (κ1) is 15.4. The molecular formula is C14H18Cl3NO. The molecule has 0 unspecified atom stereocenters. The molecule has 0 spiro atoms. The molecule has 2 rings (SSSR count). The normalized spacial score (nSPS) is 14.9. The van der Waals surface area contributed by atoms with Gasteiger partial charge < -0.3 is 10.1 Å². The molecule has 0 radical (unpaired) electrons. The Hall–Kier alpha value is 0.01000. The van der Waals surface area contributed by atoms with Crippen LogP contribution < -0.4 is 5.32 Å². The lowest BCUT2D eigenvalue weighted by Gasteiger charge is -2.10. The zero-order valence-electron chi connectivity index (χ0n) is 10.7. The largest absolute Gasteiger partial charge is 0.381 e. The summed E-state index contributed by atoms with van der Waals surface area (Å²) in [5.41, 5.74) is 0.856. The van der Waals surface area contributed by atoms with Gasteiger partial charge in [0.1, 0.15) is 0 Å². The predicted octanol–water partition coefficient (Wildman–Crippen LogP) is 4.55. The quantitative estimate of drug-likeness (QED) is 0.560. The summed E-state index contributed by atoms with van der Waals surface area (Å²) >= 11 is 18.2. The molecule has 0 saturated heterocycles. The van der Waals surface area contributed by atoms with Crippen LogP contribution in [0.25, 0.3) is 0 Å². The maximum Gasteiger partial charge on any atom is 0.0652 e. The Kier molecular flexibility index (Phi) is 6.24. The van der Waals surface area contributed by atoms with Gasteiger partial charge in [-0.25, -0.2) is 0 Å². The summed E-state index contributed by atoms with van der Waals surface area (Å²) in [4.78, 5) is 0. The van der Waals surface area contributed by atoms with Gasteiger partial charge in [-0.3, -0.25) is 0 Å². The minimum Gasteiger partial charge on any atom is -0.381 e. The average Bonchev–Trinajstić information content (AvgIpc) is 3.20. The van der Waals surface area contributed by atoms with E-state index in [1.807, 2.05) is 0 Å². The Morgan fingerprint density at radius 1 is 1.16 bits per heavy atom. The second kappa shape index (κ2) is 7.70. The second-order valence-corrected chi connectivity index (χ2v) is 6.06. The van der Waals surface area contributed by atoms with Crippen LogP contribution in [0.15, 0.2) is 12.1 Å². The highest BCUT2D eigenvalue weighted by Crippen LogP contribution is 2.31. The maximum absolute atomic E-state index is 6.12. The Morgan fingerprint density at radius 2 is 1.89 bits per heavy atom. The minimum absolute atomic E-state index is 0.534. The molecule has 1 fully saturated rings. The van der Waals surface area contributed by atoms with Crippen molar-refractivity contribution in [2.75, 3.05) is 19.8 Å². The third kappa shape index (κ3) is 5.13. The molecule has 0 amide bonds. The molecule has 0 atom stereocenters. The smallest absolute Gasteiger partial charge is 0.0652 e. The van der Waals surface area contributed by atoms with Crippen molar-refractivity contribution in [3.63, 3.8) is 0 Å². The fourth-order valence-electron chi connectivity index (χ4n) is 1.78. The van der Waals surface area contributed by atoms with Crippen molar-refractivity contribution in [1.29, 1.82) is 0 Å². The summed E-state index contributed by atoms with van der Waals surface area (Å²) in [7, 11) is 0. The van der Waals surface area contributed by atoms with Crippen LogP contribution in [0.3, 0.4) is 0 Å². The Morgan fingerprint density at radius 3 is 2.63 bits per heavy atom. The first-order valence-electron chi connectivity index (χ1n) is 6.59. The lowest BCUT2D eigenvalue weighted by molar-refractivity contribution is 0.122. The summed E-state index contributed by atoms with van der Waals surface area (Å²) < 4.78 is 5.56. The van der Waals surface area contributed by atoms with Gasteiger partial charge >= 0.3 is 0 Å². The monoisotopic (exact) mass is 321 g/mol. The molecule has 0 bridgehead atoms. The number of hydrogen-bond acceptors (Lipinski definition) is 2. The van der Waals surface area contributed by atoms with E-state index in [1.54, 1.807) is 12.1 Å². The number of hydrogen-bond donors (Lipinski definition) is 1. The number of rotatable bonds is 8. The molecule has 0 aliphatic heterocycles. The third-order valence-electron chi connectivity index (χ3n) is 3.13. The molecule has 1 saturated carbocycles. The summed E-state index contributed by atoms with van der Waals surface area (Å²) in [6, 6.07) is 3.48. The first-order chi connectivity index (χ1) is 9.18. The van der Waals surface area contributed by atoms with E-state index in [1.165, 1.54) is 12.8 Å². The van der Waals surface area contributed by atoms with E-state index in [0.29, 0.717) is 21.6 Å². The second-order valence-electron chi connectivity index (χ2n) is 4.87. The molecule has 1 N–H and O–H groups in total. The fourth-order valence-corrected chi connectivity index (χ4v) is 2.46. The van der Waals surface area contributed by atoms with Gasteiger partial charge in [0, 0.05) is 30.3 Å². The van der Waals surface area contributed by atoms with Crippen LogP contribution in [-0.4, -0.2) is 19.8 Å².